The molecule has 1 aromatic carbocycles. The van der Waals surface area contributed by atoms with Gasteiger partial charge in [-0.2, -0.15) is 5.10 Å². The van der Waals surface area contributed by atoms with Gasteiger partial charge in [-0.3, -0.25) is 4.79 Å². The van der Waals surface area contributed by atoms with E-state index in [4.69, 9.17) is 4.74 Å². The van der Waals surface area contributed by atoms with E-state index in [1.54, 1.807) is 17.9 Å². The number of carbonyl (C=O) groups is 2. The number of rotatable bonds is 4. The van der Waals surface area contributed by atoms with E-state index in [0.29, 0.717) is 19.4 Å². The zero-order chi connectivity index (χ0) is 17.3. The molecule has 2 heterocycles. The van der Waals surface area contributed by atoms with Gasteiger partial charge in [-0.15, -0.1) is 0 Å². The molecule has 1 atom stereocenters. The number of carboxylic acids is 1. The SMILES string of the molecule is COc1ccc(-n2nc(C(=O)N3CCC[C@@H]3C(=O)O)cc2C)cc1. The van der Waals surface area contributed by atoms with Crippen LogP contribution in [0.2, 0.25) is 0 Å². The maximum absolute atomic E-state index is 12.6. The molecule has 1 amide bonds. The number of likely N-dealkylation sites (tertiary alicyclic amines) is 1. The van der Waals surface area contributed by atoms with Gasteiger partial charge in [0.05, 0.1) is 12.8 Å². The second-order valence-corrected chi connectivity index (χ2v) is 5.78. The van der Waals surface area contributed by atoms with E-state index in [1.807, 2.05) is 31.2 Å². The Morgan fingerprint density at radius 3 is 2.62 bits per heavy atom. The zero-order valence-corrected chi connectivity index (χ0v) is 13.6. The summed E-state index contributed by atoms with van der Waals surface area (Å²) in [4.78, 5) is 25.3. The highest BCUT2D eigenvalue weighted by Crippen LogP contribution is 2.22. The summed E-state index contributed by atoms with van der Waals surface area (Å²) in [6.07, 6.45) is 1.18. The van der Waals surface area contributed by atoms with Crippen LogP contribution in [0.25, 0.3) is 5.69 Å². The van der Waals surface area contributed by atoms with E-state index in [-0.39, 0.29) is 11.6 Å². The van der Waals surface area contributed by atoms with Gasteiger partial charge < -0.3 is 14.7 Å². The lowest BCUT2D eigenvalue weighted by molar-refractivity contribution is -0.141. The molecule has 0 radical (unpaired) electrons. The molecule has 1 aliphatic heterocycles. The molecule has 1 aromatic heterocycles. The third-order valence-electron chi connectivity index (χ3n) is 4.22. The predicted octanol–water partition coefficient (Wildman–Crippen LogP) is 1.88. The minimum absolute atomic E-state index is 0.261. The quantitative estimate of drug-likeness (QED) is 0.926. The molecule has 2 aromatic rings. The Labute approximate surface area is 139 Å². The third-order valence-corrected chi connectivity index (χ3v) is 4.22. The van der Waals surface area contributed by atoms with Crippen molar-refractivity contribution in [1.82, 2.24) is 14.7 Å². The first-order valence-corrected chi connectivity index (χ1v) is 7.76. The minimum atomic E-state index is -0.966. The standard InChI is InChI=1S/C17H19N3O4/c1-11-10-14(16(21)19-9-3-4-15(19)17(22)23)18-20(11)12-5-7-13(24-2)8-6-12/h5-8,10,15H,3-4,9H2,1-2H3,(H,22,23)/t15-/m1/s1. The molecule has 0 aliphatic carbocycles. The van der Waals surface area contributed by atoms with Crippen molar-refractivity contribution in [3.8, 4) is 11.4 Å². The van der Waals surface area contributed by atoms with E-state index in [2.05, 4.69) is 5.10 Å². The lowest BCUT2D eigenvalue weighted by Crippen LogP contribution is -2.40. The van der Waals surface area contributed by atoms with Gasteiger partial charge >= 0.3 is 5.97 Å². The zero-order valence-electron chi connectivity index (χ0n) is 13.6. The molecule has 0 bridgehead atoms. The highest BCUT2D eigenvalue weighted by atomic mass is 16.5. The summed E-state index contributed by atoms with van der Waals surface area (Å²) in [5.41, 5.74) is 1.87. The summed E-state index contributed by atoms with van der Waals surface area (Å²) in [7, 11) is 1.60. The molecule has 7 heteroatoms. The molecule has 1 saturated heterocycles. The number of amides is 1. The number of hydrogen-bond donors (Lipinski definition) is 1. The van der Waals surface area contributed by atoms with Crippen LogP contribution in [0.5, 0.6) is 5.75 Å². The molecule has 1 aliphatic rings. The Bertz CT molecular complexity index is 767. The molecule has 0 unspecified atom stereocenters. The summed E-state index contributed by atoms with van der Waals surface area (Å²) in [6, 6.07) is 8.26. The first-order valence-electron chi connectivity index (χ1n) is 7.76. The number of hydrogen-bond acceptors (Lipinski definition) is 4. The van der Waals surface area contributed by atoms with Gasteiger partial charge in [0.1, 0.15) is 11.8 Å². The van der Waals surface area contributed by atoms with Crippen LogP contribution in [-0.2, 0) is 4.79 Å². The Balaban J connectivity index is 1.87. The number of nitrogens with zero attached hydrogens (tertiary/aromatic N) is 3. The Hall–Kier alpha value is -2.83. The van der Waals surface area contributed by atoms with Crippen LogP contribution in [0.4, 0.5) is 0 Å². The van der Waals surface area contributed by atoms with Crippen LogP contribution >= 0.6 is 0 Å². The monoisotopic (exact) mass is 329 g/mol. The number of benzene rings is 1. The third kappa shape index (κ3) is 2.84. The van der Waals surface area contributed by atoms with Crippen molar-refractivity contribution in [2.24, 2.45) is 0 Å². The van der Waals surface area contributed by atoms with Gasteiger partial charge in [0.25, 0.3) is 5.91 Å². The minimum Gasteiger partial charge on any atom is -0.497 e. The van der Waals surface area contributed by atoms with Crippen LogP contribution in [0.1, 0.15) is 29.0 Å². The lowest BCUT2D eigenvalue weighted by Gasteiger charge is -2.20. The van der Waals surface area contributed by atoms with E-state index < -0.39 is 12.0 Å². The second-order valence-electron chi connectivity index (χ2n) is 5.78. The van der Waals surface area contributed by atoms with Gasteiger partial charge in [0.2, 0.25) is 0 Å². The molecule has 7 nitrogen and oxygen atoms in total. The van der Waals surface area contributed by atoms with Gasteiger partial charge in [-0.1, -0.05) is 0 Å². The van der Waals surface area contributed by atoms with Crippen molar-refractivity contribution in [2.45, 2.75) is 25.8 Å². The summed E-state index contributed by atoms with van der Waals surface area (Å²) >= 11 is 0. The fourth-order valence-electron chi connectivity index (χ4n) is 2.98. The van der Waals surface area contributed by atoms with Crippen molar-refractivity contribution in [2.75, 3.05) is 13.7 Å². The molecule has 24 heavy (non-hydrogen) atoms. The highest BCUT2D eigenvalue weighted by Gasteiger charge is 2.35. The van der Waals surface area contributed by atoms with Crippen LogP contribution in [0, 0.1) is 6.92 Å². The normalized spacial score (nSPS) is 17.1. The largest absolute Gasteiger partial charge is 0.497 e. The van der Waals surface area contributed by atoms with Gasteiger partial charge in [-0.25, -0.2) is 9.48 Å². The van der Waals surface area contributed by atoms with Crippen molar-refractivity contribution in [3.05, 3.63) is 41.7 Å². The number of aromatic nitrogens is 2. The van der Waals surface area contributed by atoms with Crippen molar-refractivity contribution in [3.63, 3.8) is 0 Å². The fraction of sp³-hybridized carbons (Fsp3) is 0.353. The van der Waals surface area contributed by atoms with Crippen LogP contribution in [0.3, 0.4) is 0 Å². The number of aliphatic carboxylic acids is 1. The summed E-state index contributed by atoms with van der Waals surface area (Å²) in [5, 5.41) is 13.6. The number of aryl methyl sites for hydroxylation is 1. The molecule has 126 valence electrons. The molecular weight excluding hydrogens is 310 g/mol. The van der Waals surface area contributed by atoms with Crippen LogP contribution in [0.15, 0.2) is 30.3 Å². The Morgan fingerprint density at radius 1 is 1.29 bits per heavy atom. The fourth-order valence-corrected chi connectivity index (χ4v) is 2.98. The van der Waals surface area contributed by atoms with E-state index in [9.17, 15) is 14.7 Å². The van der Waals surface area contributed by atoms with Gasteiger partial charge in [0, 0.05) is 12.2 Å². The lowest BCUT2D eigenvalue weighted by atomic mass is 10.2. The van der Waals surface area contributed by atoms with Crippen molar-refractivity contribution >= 4 is 11.9 Å². The molecule has 1 N–H and O–H groups in total. The molecule has 0 spiro atoms. The molecule has 0 saturated carbocycles. The van der Waals surface area contributed by atoms with E-state index >= 15 is 0 Å². The Morgan fingerprint density at radius 2 is 2.00 bits per heavy atom. The second kappa shape index (κ2) is 6.35. The smallest absolute Gasteiger partial charge is 0.326 e. The van der Waals surface area contributed by atoms with Crippen molar-refractivity contribution < 1.29 is 19.4 Å². The predicted molar refractivity (Wildman–Crippen MR) is 86.5 cm³/mol. The summed E-state index contributed by atoms with van der Waals surface area (Å²) in [6.45, 7) is 2.30. The topological polar surface area (TPSA) is 84.7 Å². The summed E-state index contributed by atoms with van der Waals surface area (Å²) < 4.78 is 6.80. The molecular formula is C17H19N3O4. The Kier molecular flexibility index (Phi) is 4.24. The first kappa shape index (κ1) is 16.0. The maximum Gasteiger partial charge on any atom is 0.326 e. The molecule has 1 fully saturated rings. The van der Waals surface area contributed by atoms with Crippen molar-refractivity contribution in [1.29, 1.82) is 0 Å². The van der Waals surface area contributed by atoms with Crippen LogP contribution < -0.4 is 4.74 Å². The number of methoxy groups -OCH3 is 1. The number of ether oxygens (including phenoxy) is 1. The van der Waals surface area contributed by atoms with Gasteiger partial charge in [0.15, 0.2) is 5.69 Å². The molecule has 3 rings (SSSR count). The van der Waals surface area contributed by atoms with E-state index in [1.165, 1.54) is 4.90 Å². The summed E-state index contributed by atoms with van der Waals surface area (Å²) in [5.74, 6) is -0.566. The number of carbonyl (C=O) groups excluding carboxylic acids is 1. The first-order chi connectivity index (χ1) is 11.5. The highest BCUT2D eigenvalue weighted by molar-refractivity contribution is 5.95. The maximum atomic E-state index is 12.6. The average Bonchev–Trinajstić information content (AvgIpc) is 3.21. The average molecular weight is 329 g/mol. The van der Waals surface area contributed by atoms with Crippen LogP contribution in [-0.4, -0.2) is 51.4 Å². The van der Waals surface area contributed by atoms with E-state index in [0.717, 1.165) is 17.1 Å². The number of carboxylic acid groups (broad SMARTS) is 1. The van der Waals surface area contributed by atoms with Gasteiger partial charge in [-0.05, 0) is 50.1 Å².